The Morgan fingerprint density at radius 3 is 3.00 bits per heavy atom. The summed E-state index contributed by atoms with van der Waals surface area (Å²) in [6.45, 7) is 4.57. The molecule has 98 valence electrons. The molecule has 1 aliphatic heterocycles. The van der Waals surface area contributed by atoms with Gasteiger partial charge >= 0.3 is 0 Å². The Bertz CT molecular complexity index is 426. The second-order valence-electron chi connectivity index (χ2n) is 4.67. The Kier molecular flexibility index (Phi) is 4.20. The molecule has 1 unspecified atom stereocenters. The summed E-state index contributed by atoms with van der Waals surface area (Å²) in [5, 5.41) is 6.07. The molecule has 1 aromatic carbocycles. The molecule has 1 aliphatic rings. The van der Waals surface area contributed by atoms with E-state index < -0.39 is 0 Å². The number of hydrogen-bond donors (Lipinski definition) is 2. The molecule has 1 saturated heterocycles. The van der Waals surface area contributed by atoms with Crippen LogP contribution in [0.1, 0.15) is 22.3 Å². The molecule has 0 bridgehead atoms. The van der Waals surface area contributed by atoms with Crippen molar-refractivity contribution in [3.05, 3.63) is 29.3 Å². The van der Waals surface area contributed by atoms with E-state index in [-0.39, 0.29) is 5.91 Å². The first-order chi connectivity index (χ1) is 8.72. The van der Waals surface area contributed by atoms with E-state index in [1.807, 2.05) is 25.1 Å². The van der Waals surface area contributed by atoms with Gasteiger partial charge in [-0.15, -0.1) is 0 Å². The fourth-order valence-electron chi connectivity index (χ4n) is 2.21. The predicted octanol–water partition coefficient (Wildman–Crippen LogP) is 1.80. The lowest BCUT2D eigenvalue weighted by molar-refractivity contribution is 0.0962. The van der Waals surface area contributed by atoms with E-state index in [9.17, 15) is 4.79 Å². The first-order valence-corrected chi connectivity index (χ1v) is 6.35. The number of carbonyl (C=O) groups excluding carboxylic acids is 1. The van der Waals surface area contributed by atoms with Crippen molar-refractivity contribution < 1.29 is 9.53 Å². The minimum atomic E-state index is -0.0413. The maximum Gasteiger partial charge on any atom is 0.251 e. The van der Waals surface area contributed by atoms with Gasteiger partial charge in [0.25, 0.3) is 5.91 Å². The van der Waals surface area contributed by atoms with Crippen molar-refractivity contribution >= 4 is 11.6 Å². The summed E-state index contributed by atoms with van der Waals surface area (Å²) in [7, 11) is 1.65. The van der Waals surface area contributed by atoms with E-state index in [1.165, 1.54) is 0 Å². The average molecular weight is 248 g/mol. The van der Waals surface area contributed by atoms with Gasteiger partial charge in [-0.25, -0.2) is 0 Å². The molecule has 2 N–H and O–H groups in total. The molecule has 4 heteroatoms. The van der Waals surface area contributed by atoms with Crippen LogP contribution in [0.5, 0.6) is 0 Å². The van der Waals surface area contributed by atoms with Gasteiger partial charge in [0.15, 0.2) is 0 Å². The Balaban J connectivity index is 2.05. The molecule has 0 saturated carbocycles. The van der Waals surface area contributed by atoms with Gasteiger partial charge in [0.05, 0.1) is 6.61 Å². The predicted molar refractivity (Wildman–Crippen MR) is 72.0 cm³/mol. The lowest BCUT2D eigenvalue weighted by Gasteiger charge is -2.15. The van der Waals surface area contributed by atoms with Crippen LogP contribution in [0, 0.1) is 12.8 Å². The van der Waals surface area contributed by atoms with Crippen LogP contribution in [0.2, 0.25) is 0 Å². The molecule has 1 heterocycles. The third-order valence-corrected chi connectivity index (χ3v) is 3.41. The van der Waals surface area contributed by atoms with Crippen molar-refractivity contribution in [2.75, 3.05) is 32.1 Å². The topological polar surface area (TPSA) is 50.4 Å². The number of ether oxygens (including phenoxy) is 1. The normalized spacial score (nSPS) is 18.7. The third kappa shape index (κ3) is 2.82. The molecule has 18 heavy (non-hydrogen) atoms. The molecule has 4 nitrogen and oxygen atoms in total. The fourth-order valence-corrected chi connectivity index (χ4v) is 2.21. The number of nitrogens with one attached hydrogen (secondary N) is 2. The first kappa shape index (κ1) is 12.9. The van der Waals surface area contributed by atoms with Gasteiger partial charge in [-0.3, -0.25) is 4.79 Å². The van der Waals surface area contributed by atoms with E-state index in [4.69, 9.17) is 4.74 Å². The Hall–Kier alpha value is -1.55. The largest absolute Gasteiger partial charge is 0.384 e. The Morgan fingerprint density at radius 1 is 1.50 bits per heavy atom. The third-order valence-electron chi connectivity index (χ3n) is 3.41. The smallest absolute Gasteiger partial charge is 0.251 e. The van der Waals surface area contributed by atoms with E-state index >= 15 is 0 Å². The number of anilines is 1. The van der Waals surface area contributed by atoms with Gasteiger partial charge in [0.1, 0.15) is 0 Å². The molecule has 0 aliphatic carbocycles. The Morgan fingerprint density at radius 2 is 2.33 bits per heavy atom. The molecule has 2 rings (SSSR count). The van der Waals surface area contributed by atoms with Crippen LogP contribution >= 0.6 is 0 Å². The maximum atomic E-state index is 11.7. The highest BCUT2D eigenvalue weighted by atomic mass is 16.5. The highest BCUT2D eigenvalue weighted by molar-refractivity contribution is 5.96. The minimum absolute atomic E-state index is 0.0413. The summed E-state index contributed by atoms with van der Waals surface area (Å²) in [6, 6.07) is 5.76. The standard InChI is InChI=1S/C14H20N2O2/c1-10-12(14(17)15-2)4-3-5-13(10)16-8-11-6-7-18-9-11/h3-5,11,16H,6-9H2,1-2H3,(H,15,17). The number of benzene rings is 1. The zero-order valence-electron chi connectivity index (χ0n) is 11.0. The van der Waals surface area contributed by atoms with Crippen LogP contribution in [-0.4, -0.2) is 32.7 Å². The van der Waals surface area contributed by atoms with E-state index in [0.29, 0.717) is 5.92 Å². The monoisotopic (exact) mass is 248 g/mol. The quantitative estimate of drug-likeness (QED) is 0.854. The van der Waals surface area contributed by atoms with Gasteiger partial charge < -0.3 is 15.4 Å². The molecule has 0 radical (unpaired) electrons. The van der Waals surface area contributed by atoms with Gasteiger partial charge in [-0.1, -0.05) is 6.07 Å². The lowest BCUT2D eigenvalue weighted by Crippen LogP contribution is -2.20. The van der Waals surface area contributed by atoms with Crippen LogP contribution in [-0.2, 0) is 4.74 Å². The maximum absolute atomic E-state index is 11.7. The summed E-state index contributed by atoms with van der Waals surface area (Å²) >= 11 is 0. The lowest BCUT2D eigenvalue weighted by atomic mass is 10.0. The summed E-state index contributed by atoms with van der Waals surface area (Å²) in [4.78, 5) is 11.7. The zero-order valence-corrected chi connectivity index (χ0v) is 11.0. The molecule has 1 fully saturated rings. The van der Waals surface area contributed by atoms with Crippen molar-refractivity contribution in [3.8, 4) is 0 Å². The number of carbonyl (C=O) groups is 1. The highest BCUT2D eigenvalue weighted by Gasteiger charge is 2.16. The second-order valence-corrected chi connectivity index (χ2v) is 4.67. The number of hydrogen-bond acceptors (Lipinski definition) is 3. The highest BCUT2D eigenvalue weighted by Crippen LogP contribution is 2.20. The SMILES string of the molecule is CNC(=O)c1cccc(NCC2CCOC2)c1C. The van der Waals surface area contributed by atoms with Crippen LogP contribution in [0.25, 0.3) is 0 Å². The van der Waals surface area contributed by atoms with E-state index in [1.54, 1.807) is 7.05 Å². The number of amides is 1. The Labute approximate surface area is 108 Å². The van der Waals surface area contributed by atoms with Crippen LogP contribution in [0.15, 0.2) is 18.2 Å². The van der Waals surface area contributed by atoms with Crippen molar-refractivity contribution in [2.45, 2.75) is 13.3 Å². The van der Waals surface area contributed by atoms with Gasteiger partial charge in [0, 0.05) is 37.4 Å². The first-order valence-electron chi connectivity index (χ1n) is 6.35. The molecular weight excluding hydrogens is 228 g/mol. The molecule has 0 spiro atoms. The molecule has 1 amide bonds. The fraction of sp³-hybridized carbons (Fsp3) is 0.500. The van der Waals surface area contributed by atoms with E-state index in [0.717, 1.165) is 43.0 Å². The van der Waals surface area contributed by atoms with E-state index in [2.05, 4.69) is 10.6 Å². The van der Waals surface area contributed by atoms with Crippen molar-refractivity contribution in [1.82, 2.24) is 5.32 Å². The molecule has 1 aromatic rings. The summed E-state index contributed by atoms with van der Waals surface area (Å²) < 4.78 is 5.35. The van der Waals surface area contributed by atoms with Crippen molar-refractivity contribution in [1.29, 1.82) is 0 Å². The minimum Gasteiger partial charge on any atom is -0.384 e. The average Bonchev–Trinajstić information content (AvgIpc) is 2.90. The zero-order chi connectivity index (χ0) is 13.0. The molecular formula is C14H20N2O2. The molecule has 0 aromatic heterocycles. The van der Waals surface area contributed by atoms with Crippen molar-refractivity contribution in [3.63, 3.8) is 0 Å². The van der Waals surface area contributed by atoms with Crippen LogP contribution < -0.4 is 10.6 Å². The summed E-state index contributed by atoms with van der Waals surface area (Å²) in [5.41, 5.74) is 2.75. The summed E-state index contributed by atoms with van der Waals surface area (Å²) in [6.07, 6.45) is 1.11. The molecule has 1 atom stereocenters. The van der Waals surface area contributed by atoms with Crippen molar-refractivity contribution in [2.24, 2.45) is 5.92 Å². The number of rotatable bonds is 4. The van der Waals surface area contributed by atoms with Crippen LogP contribution in [0.4, 0.5) is 5.69 Å². The van der Waals surface area contributed by atoms with Crippen LogP contribution in [0.3, 0.4) is 0 Å². The van der Waals surface area contributed by atoms with Gasteiger partial charge in [-0.2, -0.15) is 0 Å². The van der Waals surface area contributed by atoms with Gasteiger partial charge in [-0.05, 0) is 31.0 Å². The van der Waals surface area contributed by atoms with Gasteiger partial charge in [0.2, 0.25) is 0 Å². The second kappa shape index (κ2) is 5.87. The summed E-state index contributed by atoms with van der Waals surface area (Å²) in [5.74, 6) is 0.536.